The summed E-state index contributed by atoms with van der Waals surface area (Å²) in [6, 6.07) is 9.37. The van der Waals surface area contributed by atoms with Crippen LogP contribution in [0.15, 0.2) is 30.3 Å². The Kier molecular flexibility index (Phi) is 3.05. The van der Waals surface area contributed by atoms with E-state index in [9.17, 15) is 10.2 Å². The van der Waals surface area contributed by atoms with E-state index >= 15 is 0 Å². The lowest BCUT2D eigenvalue weighted by atomic mass is 9.97. The van der Waals surface area contributed by atoms with Gasteiger partial charge in [0, 0.05) is 6.42 Å². The van der Waals surface area contributed by atoms with Gasteiger partial charge in [0.25, 0.3) is 0 Å². The van der Waals surface area contributed by atoms with Gasteiger partial charge in [0.05, 0.1) is 6.04 Å². The van der Waals surface area contributed by atoms with Gasteiger partial charge < -0.3 is 15.5 Å². The minimum atomic E-state index is -1.63. The second kappa shape index (κ2) is 4.31. The molecule has 82 valence electrons. The molecule has 3 nitrogen and oxygen atoms in total. The standard InChI is InChI=1S/C12H17NO2/c14-12(15,11-7-4-8-13-11)9-10-5-2-1-3-6-10/h1-3,5-6,11,13-15H,4,7-9H2. The largest absolute Gasteiger partial charge is 0.364 e. The van der Waals surface area contributed by atoms with Crippen molar-refractivity contribution in [3.05, 3.63) is 35.9 Å². The Morgan fingerprint density at radius 1 is 1.27 bits per heavy atom. The fourth-order valence-electron chi connectivity index (χ4n) is 2.10. The third-order valence-electron chi connectivity index (χ3n) is 2.93. The van der Waals surface area contributed by atoms with E-state index in [2.05, 4.69) is 5.32 Å². The van der Waals surface area contributed by atoms with Crippen LogP contribution in [-0.2, 0) is 6.42 Å². The first-order valence-electron chi connectivity index (χ1n) is 5.40. The molecule has 0 spiro atoms. The molecular weight excluding hydrogens is 190 g/mol. The minimum absolute atomic E-state index is 0.197. The van der Waals surface area contributed by atoms with Gasteiger partial charge in [-0.1, -0.05) is 30.3 Å². The number of hydrogen-bond acceptors (Lipinski definition) is 3. The molecule has 1 aromatic carbocycles. The number of rotatable bonds is 3. The molecule has 0 radical (unpaired) electrons. The van der Waals surface area contributed by atoms with Crippen molar-refractivity contribution in [2.75, 3.05) is 6.54 Å². The molecule has 1 aliphatic heterocycles. The van der Waals surface area contributed by atoms with Crippen LogP contribution in [-0.4, -0.2) is 28.6 Å². The van der Waals surface area contributed by atoms with Crippen molar-refractivity contribution >= 4 is 0 Å². The molecular formula is C12H17NO2. The fraction of sp³-hybridized carbons (Fsp3) is 0.500. The first kappa shape index (κ1) is 10.6. The van der Waals surface area contributed by atoms with Crippen LogP contribution in [0.1, 0.15) is 18.4 Å². The Morgan fingerprint density at radius 3 is 2.60 bits per heavy atom. The molecule has 0 amide bonds. The SMILES string of the molecule is OC(O)(Cc1ccccc1)C1CCCN1. The Balaban J connectivity index is 2.03. The number of nitrogens with one attached hydrogen (secondary N) is 1. The number of hydrogen-bond donors (Lipinski definition) is 3. The van der Waals surface area contributed by atoms with E-state index in [-0.39, 0.29) is 12.5 Å². The van der Waals surface area contributed by atoms with E-state index in [0.29, 0.717) is 0 Å². The Bertz CT molecular complexity index is 305. The quantitative estimate of drug-likeness (QED) is 0.638. The molecule has 3 heteroatoms. The summed E-state index contributed by atoms with van der Waals surface area (Å²) in [5.74, 6) is -1.63. The molecule has 1 aliphatic rings. The zero-order chi connectivity index (χ0) is 10.7. The summed E-state index contributed by atoms with van der Waals surface area (Å²) in [5.41, 5.74) is 0.955. The highest BCUT2D eigenvalue weighted by atomic mass is 16.5. The van der Waals surface area contributed by atoms with Crippen LogP contribution in [0, 0.1) is 0 Å². The maximum absolute atomic E-state index is 9.96. The lowest BCUT2D eigenvalue weighted by Gasteiger charge is -2.28. The van der Waals surface area contributed by atoms with E-state index in [4.69, 9.17) is 0 Å². The first-order chi connectivity index (χ1) is 7.18. The van der Waals surface area contributed by atoms with Crippen LogP contribution in [0.3, 0.4) is 0 Å². The molecule has 0 bridgehead atoms. The first-order valence-corrected chi connectivity index (χ1v) is 5.40. The van der Waals surface area contributed by atoms with E-state index in [1.54, 1.807) is 0 Å². The van der Waals surface area contributed by atoms with Crippen molar-refractivity contribution in [1.29, 1.82) is 0 Å². The summed E-state index contributed by atoms with van der Waals surface area (Å²) in [6.07, 6.45) is 2.13. The van der Waals surface area contributed by atoms with E-state index in [1.807, 2.05) is 30.3 Å². The highest BCUT2D eigenvalue weighted by Crippen LogP contribution is 2.21. The Hall–Kier alpha value is -0.900. The lowest BCUT2D eigenvalue weighted by Crippen LogP contribution is -2.49. The average Bonchev–Trinajstić information content (AvgIpc) is 2.71. The maximum Gasteiger partial charge on any atom is 0.182 e. The van der Waals surface area contributed by atoms with Gasteiger partial charge >= 0.3 is 0 Å². The molecule has 1 fully saturated rings. The van der Waals surface area contributed by atoms with Gasteiger partial charge in [-0.2, -0.15) is 0 Å². The van der Waals surface area contributed by atoms with Crippen molar-refractivity contribution in [3.63, 3.8) is 0 Å². The lowest BCUT2D eigenvalue weighted by molar-refractivity contribution is -0.178. The zero-order valence-corrected chi connectivity index (χ0v) is 8.69. The molecule has 1 saturated heterocycles. The topological polar surface area (TPSA) is 52.5 Å². The van der Waals surface area contributed by atoms with Crippen LogP contribution >= 0.6 is 0 Å². The molecule has 0 aromatic heterocycles. The van der Waals surface area contributed by atoms with Gasteiger partial charge in [-0.15, -0.1) is 0 Å². The molecule has 1 heterocycles. The monoisotopic (exact) mass is 207 g/mol. The van der Waals surface area contributed by atoms with Crippen molar-refractivity contribution in [2.24, 2.45) is 0 Å². The van der Waals surface area contributed by atoms with Crippen LogP contribution in [0.2, 0.25) is 0 Å². The molecule has 1 aromatic rings. The summed E-state index contributed by atoms with van der Waals surface area (Å²) < 4.78 is 0. The highest BCUT2D eigenvalue weighted by Gasteiger charge is 2.36. The fourth-order valence-corrected chi connectivity index (χ4v) is 2.10. The molecule has 2 rings (SSSR count). The summed E-state index contributed by atoms with van der Waals surface area (Å²) >= 11 is 0. The summed E-state index contributed by atoms with van der Waals surface area (Å²) in [7, 11) is 0. The second-order valence-electron chi connectivity index (χ2n) is 4.19. The Morgan fingerprint density at radius 2 is 2.00 bits per heavy atom. The highest BCUT2D eigenvalue weighted by molar-refractivity contribution is 5.17. The van der Waals surface area contributed by atoms with Gasteiger partial charge in [-0.05, 0) is 24.9 Å². The van der Waals surface area contributed by atoms with Crippen LogP contribution < -0.4 is 5.32 Å². The smallest absolute Gasteiger partial charge is 0.182 e. The van der Waals surface area contributed by atoms with Crippen molar-refractivity contribution < 1.29 is 10.2 Å². The minimum Gasteiger partial charge on any atom is -0.364 e. The summed E-state index contributed by atoms with van der Waals surface area (Å²) in [4.78, 5) is 0. The Labute approximate surface area is 89.8 Å². The van der Waals surface area contributed by atoms with Gasteiger partial charge in [-0.3, -0.25) is 0 Å². The van der Waals surface area contributed by atoms with Gasteiger partial charge in [0.15, 0.2) is 5.79 Å². The van der Waals surface area contributed by atoms with Gasteiger partial charge in [-0.25, -0.2) is 0 Å². The molecule has 1 atom stereocenters. The average molecular weight is 207 g/mol. The van der Waals surface area contributed by atoms with E-state index in [0.717, 1.165) is 24.9 Å². The predicted octanol–water partition coefficient (Wildman–Crippen LogP) is 0.662. The van der Waals surface area contributed by atoms with E-state index in [1.165, 1.54) is 0 Å². The number of benzene rings is 1. The van der Waals surface area contributed by atoms with Gasteiger partial charge in [0.1, 0.15) is 0 Å². The summed E-state index contributed by atoms with van der Waals surface area (Å²) in [6.45, 7) is 0.877. The van der Waals surface area contributed by atoms with Crippen LogP contribution in [0.5, 0.6) is 0 Å². The second-order valence-corrected chi connectivity index (χ2v) is 4.19. The van der Waals surface area contributed by atoms with Crippen LogP contribution in [0.4, 0.5) is 0 Å². The molecule has 0 aliphatic carbocycles. The maximum atomic E-state index is 9.96. The van der Waals surface area contributed by atoms with Crippen LogP contribution in [0.25, 0.3) is 0 Å². The normalized spacial score (nSPS) is 21.9. The molecule has 0 saturated carbocycles. The third kappa shape index (κ3) is 2.56. The molecule has 15 heavy (non-hydrogen) atoms. The zero-order valence-electron chi connectivity index (χ0n) is 8.69. The third-order valence-corrected chi connectivity index (χ3v) is 2.93. The van der Waals surface area contributed by atoms with Crippen molar-refractivity contribution in [3.8, 4) is 0 Å². The summed E-state index contributed by atoms with van der Waals surface area (Å²) in [5, 5.41) is 23.0. The predicted molar refractivity (Wildman–Crippen MR) is 58.3 cm³/mol. The van der Waals surface area contributed by atoms with Crippen molar-refractivity contribution in [1.82, 2.24) is 5.32 Å². The molecule has 3 N–H and O–H groups in total. The molecule has 1 unspecified atom stereocenters. The van der Waals surface area contributed by atoms with Gasteiger partial charge in [0.2, 0.25) is 0 Å². The number of aliphatic hydroxyl groups is 2. The van der Waals surface area contributed by atoms with E-state index < -0.39 is 5.79 Å². The van der Waals surface area contributed by atoms with Crippen molar-refractivity contribution in [2.45, 2.75) is 31.1 Å².